The van der Waals surface area contributed by atoms with Crippen LogP contribution in [0.5, 0.6) is 0 Å². The molecule has 0 unspecified atom stereocenters. The van der Waals surface area contributed by atoms with Gasteiger partial charge in [-0.2, -0.15) is 0 Å². The highest BCUT2D eigenvalue weighted by atomic mass is 32.2. The van der Waals surface area contributed by atoms with E-state index >= 15 is 0 Å². The van der Waals surface area contributed by atoms with Crippen molar-refractivity contribution in [1.82, 2.24) is 4.90 Å². The Morgan fingerprint density at radius 3 is 2.67 bits per heavy atom. The molecule has 5 nitrogen and oxygen atoms in total. The molecular formula is C15H19NO4S. The number of carboxylic acid groups (broad SMARTS) is 1. The largest absolute Gasteiger partial charge is 0.478 e. The third-order valence-corrected chi connectivity index (χ3v) is 4.43. The van der Waals surface area contributed by atoms with Crippen molar-refractivity contribution in [3.63, 3.8) is 0 Å². The highest BCUT2D eigenvalue weighted by molar-refractivity contribution is 7.99. The molecule has 2 rings (SSSR count). The number of benzene rings is 1. The van der Waals surface area contributed by atoms with Crippen LogP contribution in [0.25, 0.3) is 0 Å². The summed E-state index contributed by atoms with van der Waals surface area (Å²) in [6, 6.07) is 6.95. The summed E-state index contributed by atoms with van der Waals surface area (Å²) in [5.41, 5.74) is 0.321. The van der Waals surface area contributed by atoms with E-state index in [-0.39, 0.29) is 5.91 Å². The molecule has 1 saturated heterocycles. The summed E-state index contributed by atoms with van der Waals surface area (Å²) in [7, 11) is 0. The van der Waals surface area contributed by atoms with E-state index < -0.39 is 5.97 Å². The molecule has 1 fully saturated rings. The van der Waals surface area contributed by atoms with Crippen molar-refractivity contribution in [3.8, 4) is 0 Å². The molecule has 114 valence electrons. The first-order valence-corrected chi connectivity index (χ1v) is 7.97. The molecule has 0 bridgehead atoms. The zero-order valence-corrected chi connectivity index (χ0v) is 12.6. The van der Waals surface area contributed by atoms with Gasteiger partial charge in [-0.1, -0.05) is 12.1 Å². The Labute approximate surface area is 128 Å². The van der Waals surface area contributed by atoms with Crippen LogP contribution in [0.1, 0.15) is 23.2 Å². The minimum atomic E-state index is -0.914. The van der Waals surface area contributed by atoms with Crippen molar-refractivity contribution in [2.24, 2.45) is 0 Å². The molecular weight excluding hydrogens is 290 g/mol. The van der Waals surface area contributed by atoms with Crippen molar-refractivity contribution in [2.45, 2.75) is 17.7 Å². The van der Waals surface area contributed by atoms with E-state index in [1.165, 1.54) is 11.8 Å². The van der Waals surface area contributed by atoms with E-state index in [0.29, 0.717) is 38.3 Å². The number of morpholine rings is 1. The van der Waals surface area contributed by atoms with E-state index in [1.807, 2.05) is 11.0 Å². The lowest BCUT2D eigenvalue weighted by Gasteiger charge is -2.26. The number of aromatic carboxylic acids is 1. The van der Waals surface area contributed by atoms with E-state index in [0.717, 1.165) is 17.1 Å². The van der Waals surface area contributed by atoms with Crippen molar-refractivity contribution < 1.29 is 19.4 Å². The van der Waals surface area contributed by atoms with Crippen LogP contribution in [-0.2, 0) is 9.53 Å². The number of ether oxygens (including phenoxy) is 1. The highest BCUT2D eigenvalue weighted by Gasteiger charge is 2.16. The van der Waals surface area contributed by atoms with E-state index in [2.05, 4.69) is 0 Å². The fourth-order valence-electron chi connectivity index (χ4n) is 2.15. The van der Waals surface area contributed by atoms with Crippen molar-refractivity contribution >= 4 is 23.6 Å². The van der Waals surface area contributed by atoms with E-state index in [1.54, 1.807) is 18.2 Å². The van der Waals surface area contributed by atoms with Crippen molar-refractivity contribution in [1.29, 1.82) is 0 Å². The van der Waals surface area contributed by atoms with Crippen LogP contribution in [0.3, 0.4) is 0 Å². The van der Waals surface area contributed by atoms with Crippen molar-refractivity contribution in [2.75, 3.05) is 32.1 Å². The molecule has 6 heteroatoms. The number of hydrogen-bond acceptors (Lipinski definition) is 4. The second kappa shape index (κ2) is 8.05. The Kier molecular flexibility index (Phi) is 6.07. The van der Waals surface area contributed by atoms with E-state index in [9.17, 15) is 9.59 Å². The lowest BCUT2D eigenvalue weighted by Crippen LogP contribution is -2.40. The first kappa shape index (κ1) is 15.9. The minimum absolute atomic E-state index is 0.158. The summed E-state index contributed by atoms with van der Waals surface area (Å²) >= 11 is 1.49. The number of nitrogens with zero attached hydrogens (tertiary/aromatic N) is 1. The highest BCUT2D eigenvalue weighted by Crippen LogP contribution is 2.23. The predicted molar refractivity (Wildman–Crippen MR) is 80.8 cm³/mol. The molecule has 0 aromatic heterocycles. The molecule has 1 aromatic rings. The number of carboxylic acids is 1. The number of amides is 1. The number of rotatable bonds is 6. The molecule has 1 aromatic carbocycles. The standard InChI is InChI=1S/C15H19NO4S/c17-14(16-7-9-20-10-8-16)6-3-11-21-13-5-2-1-4-12(13)15(18)19/h1-2,4-5H,3,6-11H2,(H,18,19). The number of carbonyl (C=O) groups excluding carboxylic acids is 1. The Hall–Kier alpha value is -1.53. The summed E-state index contributed by atoms with van der Waals surface area (Å²) in [5, 5.41) is 9.09. The van der Waals surface area contributed by atoms with Crippen molar-refractivity contribution in [3.05, 3.63) is 29.8 Å². The molecule has 0 saturated carbocycles. The molecule has 0 aliphatic carbocycles. The van der Waals surface area contributed by atoms with Gasteiger partial charge >= 0.3 is 5.97 Å². The van der Waals surface area contributed by atoms with Crippen LogP contribution in [0.15, 0.2) is 29.2 Å². The topological polar surface area (TPSA) is 66.8 Å². The average molecular weight is 309 g/mol. The lowest BCUT2D eigenvalue weighted by atomic mass is 10.2. The maximum absolute atomic E-state index is 12.0. The maximum Gasteiger partial charge on any atom is 0.336 e. The SMILES string of the molecule is O=C(O)c1ccccc1SCCCC(=O)N1CCOCC1. The van der Waals surface area contributed by atoms with Gasteiger partial charge in [-0.25, -0.2) is 4.79 Å². The van der Waals surface area contributed by atoms with E-state index in [4.69, 9.17) is 9.84 Å². The second-order valence-electron chi connectivity index (χ2n) is 4.75. The third kappa shape index (κ3) is 4.75. The molecule has 1 heterocycles. The summed E-state index contributed by atoms with van der Waals surface area (Å²) < 4.78 is 5.22. The zero-order chi connectivity index (χ0) is 15.1. The van der Waals surface area contributed by atoms with Gasteiger partial charge in [0.05, 0.1) is 18.8 Å². The van der Waals surface area contributed by atoms with Crippen LogP contribution < -0.4 is 0 Å². The fraction of sp³-hybridized carbons (Fsp3) is 0.467. The molecule has 0 radical (unpaired) electrons. The Balaban J connectivity index is 1.74. The van der Waals surface area contributed by atoms with Gasteiger partial charge in [0.15, 0.2) is 0 Å². The van der Waals surface area contributed by atoms with Crippen LogP contribution in [0.2, 0.25) is 0 Å². The second-order valence-corrected chi connectivity index (χ2v) is 5.88. The van der Waals surface area contributed by atoms with Crippen LogP contribution in [-0.4, -0.2) is 53.9 Å². The number of thioether (sulfide) groups is 1. The molecule has 1 N–H and O–H groups in total. The molecule has 1 aliphatic heterocycles. The zero-order valence-electron chi connectivity index (χ0n) is 11.8. The molecule has 0 atom stereocenters. The van der Waals surface area contributed by atoms with Crippen LogP contribution in [0, 0.1) is 0 Å². The number of carbonyl (C=O) groups is 2. The number of hydrogen-bond donors (Lipinski definition) is 1. The summed E-state index contributed by atoms with van der Waals surface area (Å²) in [5.74, 6) is -0.0201. The molecule has 1 aliphatic rings. The first-order valence-electron chi connectivity index (χ1n) is 6.99. The quantitative estimate of drug-likeness (QED) is 0.644. The van der Waals surface area contributed by atoms with Gasteiger partial charge in [0.1, 0.15) is 0 Å². The summed E-state index contributed by atoms with van der Waals surface area (Å²) in [4.78, 5) is 25.6. The summed E-state index contributed by atoms with van der Waals surface area (Å²) in [6.07, 6.45) is 1.25. The Bertz CT molecular complexity index is 500. The van der Waals surface area contributed by atoms with Gasteiger partial charge < -0.3 is 14.7 Å². The monoisotopic (exact) mass is 309 g/mol. The maximum atomic E-state index is 12.0. The molecule has 1 amide bonds. The third-order valence-electron chi connectivity index (χ3n) is 3.27. The van der Waals surface area contributed by atoms with Gasteiger partial charge in [0.2, 0.25) is 5.91 Å². The summed E-state index contributed by atoms with van der Waals surface area (Å²) in [6.45, 7) is 2.58. The first-order chi connectivity index (χ1) is 10.2. The lowest BCUT2D eigenvalue weighted by molar-refractivity contribution is -0.135. The Morgan fingerprint density at radius 2 is 1.95 bits per heavy atom. The predicted octanol–water partition coefficient (Wildman–Crippen LogP) is 2.12. The average Bonchev–Trinajstić information content (AvgIpc) is 2.52. The van der Waals surface area contributed by atoms with Crippen LogP contribution in [0.4, 0.5) is 0 Å². The van der Waals surface area contributed by atoms with Crippen LogP contribution >= 0.6 is 11.8 Å². The fourth-order valence-corrected chi connectivity index (χ4v) is 3.14. The molecule has 21 heavy (non-hydrogen) atoms. The normalized spacial score (nSPS) is 15.0. The van der Waals surface area contributed by atoms with Gasteiger partial charge in [0, 0.05) is 24.4 Å². The Morgan fingerprint density at radius 1 is 1.24 bits per heavy atom. The smallest absolute Gasteiger partial charge is 0.336 e. The molecule has 0 spiro atoms. The van der Waals surface area contributed by atoms with Gasteiger partial charge in [-0.05, 0) is 24.3 Å². The van der Waals surface area contributed by atoms with Gasteiger partial charge in [0.25, 0.3) is 0 Å². The van der Waals surface area contributed by atoms with Gasteiger partial charge in [-0.15, -0.1) is 11.8 Å². The van der Waals surface area contributed by atoms with Gasteiger partial charge in [-0.3, -0.25) is 4.79 Å². The minimum Gasteiger partial charge on any atom is -0.478 e.